The molecule has 1 fully saturated rings. The van der Waals surface area contributed by atoms with Gasteiger partial charge in [-0.25, -0.2) is 0 Å². The summed E-state index contributed by atoms with van der Waals surface area (Å²) in [6.45, 7) is 1.26. The van der Waals surface area contributed by atoms with Crippen LogP contribution in [0.1, 0.15) is 46.8 Å². The lowest BCUT2D eigenvalue weighted by molar-refractivity contribution is -0.151. The molecule has 0 saturated carbocycles. The van der Waals surface area contributed by atoms with E-state index in [9.17, 15) is 35.9 Å². The van der Waals surface area contributed by atoms with Crippen molar-refractivity contribution in [2.75, 3.05) is 6.54 Å². The molecule has 1 N–H and O–H groups in total. The largest absolute Gasteiger partial charge is 0.416 e. The zero-order chi connectivity index (χ0) is 25.1. The molecule has 0 aromatic heterocycles. The van der Waals surface area contributed by atoms with E-state index < -0.39 is 47.0 Å². The highest BCUT2D eigenvalue weighted by atomic mass is 19.4. The molecular weight excluding hydrogens is 466 g/mol. The van der Waals surface area contributed by atoms with Crippen LogP contribution in [0.5, 0.6) is 0 Å². The first-order valence-corrected chi connectivity index (χ1v) is 10.4. The summed E-state index contributed by atoms with van der Waals surface area (Å²) in [6, 6.07) is 8.95. The second-order valence-electron chi connectivity index (χ2n) is 8.07. The maximum Gasteiger partial charge on any atom is 0.416 e. The van der Waals surface area contributed by atoms with Crippen LogP contribution in [0.25, 0.3) is 0 Å². The molecule has 0 aliphatic carbocycles. The molecule has 1 amide bonds. The average molecular weight is 488 g/mol. The minimum absolute atomic E-state index is 0.00646. The summed E-state index contributed by atoms with van der Waals surface area (Å²) in [7, 11) is 0. The van der Waals surface area contributed by atoms with Crippen molar-refractivity contribution < 1.29 is 40.8 Å². The Hall–Kier alpha value is -3.08. The lowest BCUT2D eigenvalue weighted by atomic mass is 9.91. The van der Waals surface area contributed by atoms with E-state index in [0.29, 0.717) is 18.6 Å². The molecule has 1 saturated heterocycles. The third-order valence-electron chi connectivity index (χ3n) is 5.49. The summed E-state index contributed by atoms with van der Waals surface area (Å²) < 4.78 is 79.6. The zero-order valence-corrected chi connectivity index (χ0v) is 18.0. The van der Waals surface area contributed by atoms with Crippen LogP contribution in [0.4, 0.5) is 26.3 Å². The van der Waals surface area contributed by atoms with E-state index in [0.717, 1.165) is 5.56 Å². The standard InChI is InChI=1S/C23H22F6N2O3/c1-14(32)34-30-19-7-8-31(20(13-19)9-15-5-3-2-4-6-15)21(33)16-10-17(22(24,25)26)12-18(11-16)23(27,28)29/h2-6,10-12,19-20,30H,7-9,13H2,1H3. The van der Waals surface area contributed by atoms with Crippen LogP contribution >= 0.6 is 0 Å². The van der Waals surface area contributed by atoms with Gasteiger partial charge in [-0.1, -0.05) is 30.3 Å². The lowest BCUT2D eigenvalue weighted by Gasteiger charge is -2.39. The lowest BCUT2D eigenvalue weighted by Crippen LogP contribution is -2.52. The van der Waals surface area contributed by atoms with Gasteiger partial charge in [0.25, 0.3) is 5.91 Å². The first kappa shape index (κ1) is 25.5. The van der Waals surface area contributed by atoms with Gasteiger partial charge in [-0.2, -0.15) is 26.3 Å². The van der Waals surface area contributed by atoms with Crippen molar-refractivity contribution in [1.82, 2.24) is 10.4 Å². The third-order valence-corrected chi connectivity index (χ3v) is 5.49. The number of carbonyl (C=O) groups excluding carboxylic acids is 2. The molecule has 0 spiro atoms. The molecule has 0 radical (unpaired) electrons. The van der Waals surface area contributed by atoms with Gasteiger partial charge in [0.1, 0.15) is 0 Å². The van der Waals surface area contributed by atoms with Gasteiger partial charge in [0, 0.05) is 31.1 Å². The highest BCUT2D eigenvalue weighted by molar-refractivity contribution is 5.95. The summed E-state index contributed by atoms with van der Waals surface area (Å²) in [4.78, 5) is 30.4. The van der Waals surface area contributed by atoms with E-state index >= 15 is 0 Å². The molecule has 2 aromatic carbocycles. The van der Waals surface area contributed by atoms with Gasteiger partial charge in [-0.05, 0) is 43.0 Å². The van der Waals surface area contributed by atoms with Crippen molar-refractivity contribution >= 4 is 11.9 Å². The van der Waals surface area contributed by atoms with Crippen LogP contribution in [0.2, 0.25) is 0 Å². The molecule has 184 valence electrons. The number of carbonyl (C=O) groups is 2. The van der Waals surface area contributed by atoms with Gasteiger partial charge >= 0.3 is 18.3 Å². The fourth-order valence-corrected chi connectivity index (χ4v) is 3.92. The van der Waals surface area contributed by atoms with E-state index in [1.165, 1.54) is 11.8 Å². The highest BCUT2D eigenvalue weighted by Crippen LogP contribution is 2.37. The number of hydrogen-bond acceptors (Lipinski definition) is 4. The fourth-order valence-electron chi connectivity index (χ4n) is 3.92. The Bertz CT molecular complexity index is 991. The van der Waals surface area contributed by atoms with Gasteiger partial charge in [-0.3, -0.25) is 9.59 Å². The Kier molecular flexibility index (Phi) is 7.54. The van der Waals surface area contributed by atoms with Crippen molar-refractivity contribution in [3.05, 3.63) is 70.8 Å². The third kappa shape index (κ3) is 6.49. The molecule has 0 bridgehead atoms. The number of piperidine rings is 1. The number of nitrogens with zero attached hydrogens (tertiary/aromatic N) is 1. The number of likely N-dealkylation sites (tertiary alicyclic amines) is 1. The first-order chi connectivity index (χ1) is 15.8. The topological polar surface area (TPSA) is 58.6 Å². The average Bonchev–Trinajstić information content (AvgIpc) is 2.76. The maximum absolute atomic E-state index is 13.3. The predicted octanol–water partition coefficient (Wildman–Crippen LogP) is 5.01. The Labute approximate surface area is 191 Å². The Morgan fingerprint density at radius 2 is 1.59 bits per heavy atom. The molecule has 1 aliphatic heterocycles. The van der Waals surface area contributed by atoms with Crippen molar-refractivity contribution in [3.8, 4) is 0 Å². The molecule has 34 heavy (non-hydrogen) atoms. The molecule has 11 heteroatoms. The van der Waals surface area contributed by atoms with Crippen LogP contribution in [0.15, 0.2) is 48.5 Å². The Morgan fingerprint density at radius 1 is 1.00 bits per heavy atom. The molecular formula is C23H22F6N2O3. The predicted molar refractivity (Wildman–Crippen MR) is 109 cm³/mol. The Balaban J connectivity index is 1.93. The zero-order valence-electron chi connectivity index (χ0n) is 18.0. The van der Waals surface area contributed by atoms with E-state index in [1.807, 2.05) is 0 Å². The quantitative estimate of drug-likeness (QED) is 0.475. The van der Waals surface area contributed by atoms with E-state index in [-0.39, 0.29) is 31.5 Å². The number of rotatable bonds is 5. The number of hydroxylamine groups is 1. The van der Waals surface area contributed by atoms with Crippen molar-refractivity contribution in [3.63, 3.8) is 0 Å². The summed E-state index contributed by atoms with van der Waals surface area (Å²) >= 11 is 0. The first-order valence-electron chi connectivity index (χ1n) is 10.4. The summed E-state index contributed by atoms with van der Waals surface area (Å²) in [6.07, 6.45) is -9.23. The monoisotopic (exact) mass is 488 g/mol. The SMILES string of the molecule is CC(=O)ONC1CCN(C(=O)c2cc(C(F)(F)F)cc(C(F)(F)F)c2)C(Cc2ccccc2)C1. The number of hydrogen-bond donors (Lipinski definition) is 1. The van der Waals surface area contributed by atoms with Crippen LogP contribution in [-0.2, 0) is 28.4 Å². The second kappa shape index (κ2) is 10.0. The molecule has 3 rings (SSSR count). The fraction of sp³-hybridized carbons (Fsp3) is 0.391. The van der Waals surface area contributed by atoms with Crippen molar-refractivity contribution in [2.45, 2.75) is 50.6 Å². The number of amides is 1. The molecule has 2 aromatic rings. The Morgan fingerprint density at radius 3 is 2.12 bits per heavy atom. The number of alkyl halides is 6. The molecule has 1 heterocycles. The smallest absolute Gasteiger partial charge is 0.371 e. The summed E-state index contributed by atoms with van der Waals surface area (Å²) in [5.41, 5.74) is -0.337. The maximum atomic E-state index is 13.3. The van der Waals surface area contributed by atoms with E-state index in [1.54, 1.807) is 30.3 Å². The van der Waals surface area contributed by atoms with E-state index in [2.05, 4.69) is 5.48 Å². The second-order valence-corrected chi connectivity index (χ2v) is 8.07. The summed E-state index contributed by atoms with van der Waals surface area (Å²) in [5, 5.41) is 0. The highest BCUT2D eigenvalue weighted by Gasteiger charge is 2.39. The molecule has 5 nitrogen and oxygen atoms in total. The molecule has 2 unspecified atom stereocenters. The van der Waals surface area contributed by atoms with E-state index in [4.69, 9.17) is 4.84 Å². The van der Waals surface area contributed by atoms with Crippen LogP contribution in [0.3, 0.4) is 0 Å². The van der Waals surface area contributed by atoms with Crippen molar-refractivity contribution in [1.29, 1.82) is 0 Å². The van der Waals surface area contributed by atoms with Crippen molar-refractivity contribution in [2.24, 2.45) is 0 Å². The number of halogens is 6. The van der Waals surface area contributed by atoms with Gasteiger partial charge in [0.15, 0.2) is 0 Å². The number of nitrogens with one attached hydrogen (secondary N) is 1. The molecule has 1 aliphatic rings. The van der Waals surface area contributed by atoms with Gasteiger partial charge in [-0.15, -0.1) is 5.48 Å². The van der Waals surface area contributed by atoms with Gasteiger partial charge in [0.2, 0.25) is 0 Å². The van der Waals surface area contributed by atoms with Crippen LogP contribution < -0.4 is 5.48 Å². The van der Waals surface area contributed by atoms with Crippen LogP contribution in [-0.4, -0.2) is 35.4 Å². The van der Waals surface area contributed by atoms with Gasteiger partial charge < -0.3 is 9.74 Å². The summed E-state index contributed by atoms with van der Waals surface area (Å²) in [5.74, 6) is -1.50. The number of benzene rings is 2. The minimum Gasteiger partial charge on any atom is -0.371 e. The van der Waals surface area contributed by atoms with Gasteiger partial charge in [0.05, 0.1) is 11.1 Å². The van der Waals surface area contributed by atoms with Crippen LogP contribution in [0, 0.1) is 0 Å². The molecule has 2 atom stereocenters. The minimum atomic E-state index is -5.05. The normalized spacial score (nSPS) is 19.1.